The predicted molar refractivity (Wildman–Crippen MR) is 84.7 cm³/mol. The second-order valence-corrected chi connectivity index (χ2v) is 7.55. The van der Waals surface area contributed by atoms with E-state index in [4.69, 9.17) is 4.74 Å². The highest BCUT2D eigenvalue weighted by molar-refractivity contribution is 7.09. The molecule has 1 amide bonds. The molecule has 4 atom stereocenters. The van der Waals surface area contributed by atoms with Gasteiger partial charge in [-0.05, 0) is 25.2 Å². The van der Waals surface area contributed by atoms with Crippen LogP contribution >= 0.6 is 11.3 Å². The van der Waals surface area contributed by atoms with Crippen LogP contribution in [0, 0.1) is 5.92 Å². The minimum Gasteiger partial charge on any atom is -0.367 e. The molecular formula is C16H23N3O2S. The maximum Gasteiger partial charge on any atom is 0.239 e. The molecule has 1 N–H and O–H groups in total. The highest BCUT2D eigenvalue weighted by Gasteiger charge is 2.40. The van der Waals surface area contributed by atoms with Crippen LogP contribution in [-0.2, 0) is 9.53 Å². The fourth-order valence-electron chi connectivity index (χ4n) is 4.12. The standard InChI is InChI=1S/C16H23N3O2S/c20-16(13-9-11-3-1-2-4-12(11)18-13)19-6-7-21-14(10-19)15-17-5-8-22-15/h5,8,11-14,18H,1-4,6-7,9-10H2. The number of nitrogens with zero attached hydrogens (tertiary/aromatic N) is 2. The minimum absolute atomic E-state index is 0.0168. The summed E-state index contributed by atoms with van der Waals surface area (Å²) in [5, 5.41) is 6.53. The summed E-state index contributed by atoms with van der Waals surface area (Å²) in [6, 6.07) is 0.585. The first-order valence-electron chi connectivity index (χ1n) is 8.37. The number of carbonyl (C=O) groups excluding carboxylic acids is 1. The fourth-order valence-corrected chi connectivity index (χ4v) is 4.80. The van der Waals surface area contributed by atoms with Gasteiger partial charge in [0.2, 0.25) is 5.91 Å². The van der Waals surface area contributed by atoms with E-state index in [0.29, 0.717) is 31.7 Å². The lowest BCUT2D eigenvalue weighted by Gasteiger charge is -2.33. The van der Waals surface area contributed by atoms with Crippen LogP contribution in [0.4, 0.5) is 0 Å². The number of carbonyl (C=O) groups is 1. The summed E-state index contributed by atoms with van der Waals surface area (Å²) in [6.07, 6.45) is 7.91. The molecule has 0 bridgehead atoms. The first kappa shape index (κ1) is 14.6. The van der Waals surface area contributed by atoms with E-state index in [2.05, 4.69) is 10.3 Å². The molecule has 6 heteroatoms. The molecule has 4 unspecified atom stereocenters. The van der Waals surface area contributed by atoms with Crippen molar-refractivity contribution in [2.24, 2.45) is 5.92 Å². The van der Waals surface area contributed by atoms with Crippen LogP contribution in [0.1, 0.15) is 43.2 Å². The number of amides is 1. The van der Waals surface area contributed by atoms with Crippen LogP contribution in [-0.4, -0.2) is 47.6 Å². The molecule has 0 radical (unpaired) electrons. The Kier molecular flexibility index (Phi) is 4.15. The first-order chi connectivity index (χ1) is 10.8. The van der Waals surface area contributed by atoms with Gasteiger partial charge in [0.15, 0.2) is 0 Å². The van der Waals surface area contributed by atoms with E-state index in [1.54, 1.807) is 17.5 Å². The number of aromatic nitrogens is 1. The van der Waals surface area contributed by atoms with Crippen LogP contribution in [0.3, 0.4) is 0 Å². The summed E-state index contributed by atoms with van der Waals surface area (Å²) in [5.41, 5.74) is 0. The van der Waals surface area contributed by atoms with E-state index in [-0.39, 0.29) is 18.1 Å². The lowest BCUT2D eigenvalue weighted by atomic mass is 9.85. The van der Waals surface area contributed by atoms with Gasteiger partial charge in [-0.2, -0.15) is 0 Å². The molecule has 3 fully saturated rings. The number of nitrogens with one attached hydrogen (secondary N) is 1. The van der Waals surface area contributed by atoms with Gasteiger partial charge in [-0.1, -0.05) is 12.8 Å². The summed E-state index contributed by atoms with van der Waals surface area (Å²) in [6.45, 7) is 1.95. The zero-order chi connectivity index (χ0) is 14.9. The summed E-state index contributed by atoms with van der Waals surface area (Å²) in [4.78, 5) is 19.2. The van der Waals surface area contributed by atoms with Crippen molar-refractivity contribution >= 4 is 17.2 Å². The van der Waals surface area contributed by atoms with Crippen molar-refractivity contribution in [3.05, 3.63) is 16.6 Å². The zero-order valence-corrected chi connectivity index (χ0v) is 13.6. The van der Waals surface area contributed by atoms with Crippen LogP contribution < -0.4 is 5.32 Å². The molecule has 2 saturated heterocycles. The van der Waals surface area contributed by atoms with E-state index in [1.165, 1.54) is 25.7 Å². The molecule has 3 aliphatic rings. The van der Waals surface area contributed by atoms with Crippen molar-refractivity contribution in [2.45, 2.75) is 50.3 Å². The van der Waals surface area contributed by atoms with Gasteiger partial charge in [0.1, 0.15) is 11.1 Å². The molecule has 4 rings (SSSR count). The van der Waals surface area contributed by atoms with Gasteiger partial charge in [-0.25, -0.2) is 4.98 Å². The summed E-state index contributed by atoms with van der Waals surface area (Å²) in [5.74, 6) is 0.970. The van der Waals surface area contributed by atoms with Gasteiger partial charge in [0.05, 0.1) is 19.2 Å². The largest absolute Gasteiger partial charge is 0.367 e. The lowest BCUT2D eigenvalue weighted by Crippen LogP contribution is -2.50. The van der Waals surface area contributed by atoms with Gasteiger partial charge in [0.25, 0.3) is 0 Å². The minimum atomic E-state index is -0.0543. The zero-order valence-electron chi connectivity index (χ0n) is 12.7. The molecule has 5 nitrogen and oxygen atoms in total. The molecule has 0 spiro atoms. The molecule has 1 saturated carbocycles. The van der Waals surface area contributed by atoms with E-state index in [0.717, 1.165) is 11.4 Å². The van der Waals surface area contributed by atoms with Crippen molar-refractivity contribution in [1.29, 1.82) is 0 Å². The molecule has 1 aliphatic carbocycles. The molecule has 2 aliphatic heterocycles. The summed E-state index contributed by atoms with van der Waals surface area (Å²) >= 11 is 1.60. The van der Waals surface area contributed by atoms with Crippen LogP contribution in [0.25, 0.3) is 0 Å². The smallest absolute Gasteiger partial charge is 0.239 e. The number of rotatable bonds is 2. The summed E-state index contributed by atoms with van der Waals surface area (Å²) in [7, 11) is 0. The molecular weight excluding hydrogens is 298 g/mol. The Morgan fingerprint density at radius 2 is 2.32 bits per heavy atom. The number of hydrogen-bond acceptors (Lipinski definition) is 5. The quantitative estimate of drug-likeness (QED) is 0.905. The molecule has 22 heavy (non-hydrogen) atoms. The van der Waals surface area contributed by atoms with Gasteiger partial charge < -0.3 is 15.0 Å². The Labute approximate surface area is 135 Å². The van der Waals surface area contributed by atoms with Crippen molar-refractivity contribution in [1.82, 2.24) is 15.2 Å². The Balaban J connectivity index is 1.40. The molecule has 1 aromatic heterocycles. The third-order valence-electron chi connectivity index (χ3n) is 5.27. The maximum absolute atomic E-state index is 12.8. The van der Waals surface area contributed by atoms with E-state index < -0.39 is 0 Å². The molecule has 120 valence electrons. The van der Waals surface area contributed by atoms with Crippen LogP contribution in [0.5, 0.6) is 0 Å². The average Bonchev–Trinajstić information content (AvgIpc) is 3.23. The molecule has 0 aromatic carbocycles. The van der Waals surface area contributed by atoms with Crippen molar-refractivity contribution in [2.75, 3.05) is 19.7 Å². The summed E-state index contributed by atoms with van der Waals surface area (Å²) < 4.78 is 5.79. The van der Waals surface area contributed by atoms with Gasteiger partial charge in [0, 0.05) is 24.2 Å². The van der Waals surface area contributed by atoms with Gasteiger partial charge in [-0.3, -0.25) is 4.79 Å². The van der Waals surface area contributed by atoms with Crippen molar-refractivity contribution in [3.8, 4) is 0 Å². The SMILES string of the molecule is O=C(C1CC2CCCCC2N1)N1CCOC(c2nccs2)C1. The molecule has 1 aromatic rings. The fraction of sp³-hybridized carbons (Fsp3) is 0.750. The normalized spacial score (nSPS) is 35.4. The van der Waals surface area contributed by atoms with Crippen LogP contribution in [0.2, 0.25) is 0 Å². The van der Waals surface area contributed by atoms with Crippen molar-refractivity contribution < 1.29 is 9.53 Å². The number of morpholine rings is 1. The Bertz CT molecular complexity index is 507. The number of thiazole rings is 1. The van der Waals surface area contributed by atoms with E-state index in [9.17, 15) is 4.79 Å². The second kappa shape index (κ2) is 6.26. The van der Waals surface area contributed by atoms with E-state index in [1.807, 2.05) is 10.3 Å². The Morgan fingerprint density at radius 1 is 1.41 bits per heavy atom. The number of fused-ring (bicyclic) bond motifs is 1. The number of hydrogen-bond donors (Lipinski definition) is 1. The Morgan fingerprint density at radius 3 is 3.14 bits per heavy atom. The third-order valence-corrected chi connectivity index (χ3v) is 6.13. The maximum atomic E-state index is 12.8. The average molecular weight is 321 g/mol. The highest BCUT2D eigenvalue weighted by atomic mass is 32.1. The second-order valence-electron chi connectivity index (χ2n) is 6.62. The lowest BCUT2D eigenvalue weighted by molar-refractivity contribution is -0.141. The van der Waals surface area contributed by atoms with Crippen LogP contribution in [0.15, 0.2) is 11.6 Å². The predicted octanol–water partition coefficient (Wildman–Crippen LogP) is 1.96. The first-order valence-corrected chi connectivity index (χ1v) is 9.25. The third kappa shape index (κ3) is 2.79. The molecule has 3 heterocycles. The van der Waals surface area contributed by atoms with Gasteiger partial charge in [-0.15, -0.1) is 11.3 Å². The monoisotopic (exact) mass is 321 g/mol. The van der Waals surface area contributed by atoms with Crippen molar-refractivity contribution in [3.63, 3.8) is 0 Å². The van der Waals surface area contributed by atoms with Gasteiger partial charge >= 0.3 is 0 Å². The van der Waals surface area contributed by atoms with E-state index >= 15 is 0 Å². The Hall–Kier alpha value is -0.980. The highest BCUT2D eigenvalue weighted by Crippen LogP contribution is 2.34. The topological polar surface area (TPSA) is 54.5 Å². The number of ether oxygens (including phenoxy) is 1.